The van der Waals surface area contributed by atoms with Crippen molar-refractivity contribution in [3.8, 4) is 55.6 Å². The molecule has 11 rings (SSSR count). The maximum absolute atomic E-state index is 4.82. The topological polar surface area (TPSA) is 3.24 Å². The van der Waals surface area contributed by atoms with Crippen LogP contribution in [0.15, 0.2) is 200 Å². The highest BCUT2D eigenvalue weighted by Gasteiger charge is 2.47. The van der Waals surface area contributed by atoms with E-state index in [2.05, 4.69) is 214 Å². The maximum Gasteiger partial charge on any atom is 0.0540 e. The van der Waals surface area contributed by atoms with Crippen molar-refractivity contribution in [1.29, 1.82) is 0 Å². The quantitative estimate of drug-likeness (QED) is 0.146. The normalized spacial score (nSPS) is 18.0. The zero-order chi connectivity index (χ0) is 41.3. The van der Waals surface area contributed by atoms with E-state index in [0.29, 0.717) is 0 Å². The van der Waals surface area contributed by atoms with Gasteiger partial charge in [0, 0.05) is 27.8 Å². The van der Waals surface area contributed by atoms with Crippen molar-refractivity contribution in [2.45, 2.75) is 57.3 Å². The van der Waals surface area contributed by atoms with Crippen LogP contribution >= 0.6 is 0 Å². The Morgan fingerprint density at radius 1 is 0.475 bits per heavy atom. The van der Waals surface area contributed by atoms with Crippen molar-refractivity contribution in [1.82, 2.24) is 0 Å². The van der Waals surface area contributed by atoms with E-state index >= 15 is 0 Å². The molecular formula is C60H51N. The smallest absolute Gasteiger partial charge is 0.0540 e. The molecule has 0 heterocycles. The van der Waals surface area contributed by atoms with Gasteiger partial charge in [0.15, 0.2) is 0 Å². The molecule has 2 atom stereocenters. The van der Waals surface area contributed by atoms with Crippen LogP contribution in [0.1, 0.15) is 68.7 Å². The molecule has 1 nitrogen and oxygen atoms in total. The lowest BCUT2D eigenvalue weighted by atomic mass is 9.62. The van der Waals surface area contributed by atoms with Gasteiger partial charge < -0.3 is 4.90 Å². The molecule has 8 aromatic carbocycles. The third-order valence-electron chi connectivity index (χ3n) is 14.5. The van der Waals surface area contributed by atoms with Gasteiger partial charge in [0.2, 0.25) is 0 Å². The number of nitrogens with zero attached hydrogens (tertiary/aromatic N) is 1. The standard InChI is InChI=1S/C60H51N/c1-5-41-34-35-60(40(2)36-41)55-23-15-13-21-50(55)52-31-26-46(38-57(52)60)43-24-28-47(29-25-43)61(48-30-32-51-49-20-12-14-22-54(49)59(3,4)56(51)39-48)58-33-27-45(42-16-8-6-9-17-42)37-53(58)44-18-10-7-11-19-44/h6-33,37-39,41H,2,5,34-36H2,1,3-4H3. The summed E-state index contributed by atoms with van der Waals surface area (Å²) in [5.74, 6) is 0.719. The highest BCUT2D eigenvalue weighted by atomic mass is 15.1. The number of hydrogen-bond donors (Lipinski definition) is 0. The van der Waals surface area contributed by atoms with Crippen LogP contribution in [0.2, 0.25) is 0 Å². The molecule has 0 aromatic heterocycles. The van der Waals surface area contributed by atoms with Crippen LogP contribution in [0.4, 0.5) is 17.1 Å². The zero-order valence-corrected chi connectivity index (χ0v) is 35.5. The highest BCUT2D eigenvalue weighted by Crippen LogP contribution is 2.59. The zero-order valence-electron chi connectivity index (χ0n) is 35.5. The molecule has 0 amide bonds. The van der Waals surface area contributed by atoms with Crippen molar-refractivity contribution in [2.75, 3.05) is 4.90 Å². The van der Waals surface area contributed by atoms with E-state index in [4.69, 9.17) is 6.58 Å². The first-order valence-electron chi connectivity index (χ1n) is 22.2. The first kappa shape index (κ1) is 37.3. The molecule has 8 aromatic rings. The summed E-state index contributed by atoms with van der Waals surface area (Å²) in [4.78, 5) is 2.48. The molecule has 3 aliphatic carbocycles. The van der Waals surface area contributed by atoms with Gasteiger partial charge in [-0.1, -0.05) is 185 Å². The van der Waals surface area contributed by atoms with E-state index in [1.165, 1.54) is 96.3 Å². The fraction of sp³-hybridized carbons (Fsp3) is 0.167. The molecule has 296 valence electrons. The molecule has 0 saturated heterocycles. The Bertz CT molecular complexity index is 2970. The van der Waals surface area contributed by atoms with E-state index in [-0.39, 0.29) is 10.8 Å². The fourth-order valence-corrected chi connectivity index (χ4v) is 11.2. The molecule has 0 radical (unpaired) electrons. The van der Waals surface area contributed by atoms with E-state index in [0.717, 1.165) is 35.8 Å². The van der Waals surface area contributed by atoms with Gasteiger partial charge in [-0.15, -0.1) is 0 Å². The Kier molecular flexibility index (Phi) is 8.86. The summed E-state index contributed by atoms with van der Waals surface area (Å²) in [5.41, 5.74) is 22.8. The number of rotatable bonds is 7. The minimum Gasteiger partial charge on any atom is -0.310 e. The van der Waals surface area contributed by atoms with Gasteiger partial charge in [-0.25, -0.2) is 0 Å². The Morgan fingerprint density at radius 3 is 1.74 bits per heavy atom. The third kappa shape index (κ3) is 5.89. The largest absolute Gasteiger partial charge is 0.310 e. The molecule has 3 aliphatic rings. The Hall–Kier alpha value is -6.70. The SMILES string of the molecule is C=C1CC(CC)CCC12c1ccccc1-c1ccc(-c3ccc(N(c4ccc5c(c4)C(C)(C)c4ccccc4-5)c4ccc(-c5ccccc5)cc4-c4ccccc4)cc3)cc12. The average Bonchev–Trinajstić information content (AvgIpc) is 3.72. The fourth-order valence-electron chi connectivity index (χ4n) is 11.2. The number of anilines is 3. The Balaban J connectivity index is 1.05. The Labute approximate surface area is 361 Å². The highest BCUT2D eigenvalue weighted by molar-refractivity contribution is 5.93. The van der Waals surface area contributed by atoms with E-state index in [1.807, 2.05) is 0 Å². The second kappa shape index (κ2) is 14.5. The lowest BCUT2D eigenvalue weighted by Gasteiger charge is -2.41. The summed E-state index contributed by atoms with van der Waals surface area (Å²) < 4.78 is 0. The lowest BCUT2D eigenvalue weighted by molar-refractivity contribution is 0.338. The summed E-state index contributed by atoms with van der Waals surface area (Å²) in [6.07, 6.45) is 4.68. The molecule has 1 fully saturated rings. The summed E-state index contributed by atoms with van der Waals surface area (Å²) in [6.45, 7) is 11.9. The Morgan fingerprint density at radius 2 is 1.02 bits per heavy atom. The number of benzene rings is 8. The van der Waals surface area contributed by atoms with Crippen LogP contribution in [0.3, 0.4) is 0 Å². The molecule has 1 saturated carbocycles. The summed E-state index contributed by atoms with van der Waals surface area (Å²) in [7, 11) is 0. The van der Waals surface area contributed by atoms with Gasteiger partial charge in [-0.3, -0.25) is 0 Å². The second-order valence-electron chi connectivity index (χ2n) is 18.1. The molecule has 1 spiro atoms. The average molecular weight is 786 g/mol. The second-order valence-corrected chi connectivity index (χ2v) is 18.1. The number of hydrogen-bond acceptors (Lipinski definition) is 1. The minimum atomic E-state index is -0.122. The van der Waals surface area contributed by atoms with Crippen LogP contribution in [0.5, 0.6) is 0 Å². The van der Waals surface area contributed by atoms with Crippen LogP contribution in [-0.4, -0.2) is 0 Å². The van der Waals surface area contributed by atoms with E-state index in [9.17, 15) is 0 Å². The van der Waals surface area contributed by atoms with Crippen LogP contribution < -0.4 is 4.90 Å². The first-order chi connectivity index (χ1) is 29.8. The molecule has 0 aliphatic heterocycles. The van der Waals surface area contributed by atoms with Crippen molar-refractivity contribution in [3.05, 3.63) is 222 Å². The van der Waals surface area contributed by atoms with Crippen molar-refractivity contribution >= 4 is 17.1 Å². The van der Waals surface area contributed by atoms with Crippen LogP contribution in [0, 0.1) is 5.92 Å². The lowest BCUT2D eigenvalue weighted by Crippen LogP contribution is -2.33. The van der Waals surface area contributed by atoms with Gasteiger partial charge in [-0.2, -0.15) is 0 Å². The molecular weight excluding hydrogens is 735 g/mol. The van der Waals surface area contributed by atoms with Gasteiger partial charge in [0.1, 0.15) is 0 Å². The van der Waals surface area contributed by atoms with Gasteiger partial charge in [0.05, 0.1) is 5.69 Å². The first-order valence-corrected chi connectivity index (χ1v) is 22.2. The van der Waals surface area contributed by atoms with Gasteiger partial charge >= 0.3 is 0 Å². The summed E-state index contributed by atoms with van der Waals surface area (Å²) in [5, 5.41) is 0. The number of fused-ring (bicyclic) bond motifs is 8. The van der Waals surface area contributed by atoms with Crippen LogP contribution in [-0.2, 0) is 10.8 Å². The maximum atomic E-state index is 4.82. The summed E-state index contributed by atoms with van der Waals surface area (Å²) >= 11 is 0. The molecule has 61 heavy (non-hydrogen) atoms. The predicted octanol–water partition coefficient (Wildman–Crippen LogP) is 16.5. The van der Waals surface area contributed by atoms with Gasteiger partial charge in [0.25, 0.3) is 0 Å². The van der Waals surface area contributed by atoms with E-state index in [1.54, 1.807) is 0 Å². The summed E-state index contributed by atoms with van der Waals surface area (Å²) in [6, 6.07) is 70.2. The third-order valence-corrected chi connectivity index (χ3v) is 14.5. The van der Waals surface area contributed by atoms with Crippen molar-refractivity contribution in [3.63, 3.8) is 0 Å². The molecule has 0 N–H and O–H groups in total. The molecule has 0 bridgehead atoms. The molecule has 2 unspecified atom stereocenters. The monoisotopic (exact) mass is 785 g/mol. The van der Waals surface area contributed by atoms with Crippen LogP contribution in [0.25, 0.3) is 55.6 Å². The van der Waals surface area contributed by atoms with E-state index < -0.39 is 0 Å². The molecule has 1 heteroatoms. The predicted molar refractivity (Wildman–Crippen MR) is 258 cm³/mol. The number of allylic oxidation sites excluding steroid dienone is 1. The van der Waals surface area contributed by atoms with Crippen molar-refractivity contribution in [2.24, 2.45) is 5.92 Å². The van der Waals surface area contributed by atoms with Gasteiger partial charge in [-0.05, 0) is 140 Å². The van der Waals surface area contributed by atoms with Crippen molar-refractivity contribution < 1.29 is 0 Å². The minimum absolute atomic E-state index is 0.120.